The Labute approximate surface area is 113 Å². The summed E-state index contributed by atoms with van der Waals surface area (Å²) in [4.78, 5) is 28.5. The standard InChI is InChI=1S/C14H22N2O3/c1-8(2)11-12(10(4)18)9(3)15-13(11)14(19)16(5)6-7-17/h8,15,17H,6-7H2,1-5H3. The molecule has 1 heterocycles. The minimum atomic E-state index is -0.201. The maximum Gasteiger partial charge on any atom is 0.270 e. The number of likely N-dealkylation sites (N-methyl/N-ethyl adjacent to an activating group) is 1. The van der Waals surface area contributed by atoms with Gasteiger partial charge in [0.25, 0.3) is 5.91 Å². The lowest BCUT2D eigenvalue weighted by Crippen LogP contribution is -2.30. The third-order valence-electron chi connectivity index (χ3n) is 3.15. The zero-order valence-electron chi connectivity index (χ0n) is 12.2. The number of aliphatic hydroxyl groups is 1. The predicted molar refractivity (Wildman–Crippen MR) is 73.7 cm³/mol. The number of aromatic amines is 1. The van der Waals surface area contributed by atoms with Crippen LogP contribution in [0.15, 0.2) is 0 Å². The van der Waals surface area contributed by atoms with Crippen molar-refractivity contribution in [3.05, 3.63) is 22.5 Å². The highest BCUT2D eigenvalue weighted by molar-refractivity contribution is 6.02. The van der Waals surface area contributed by atoms with Gasteiger partial charge in [0.2, 0.25) is 0 Å². The van der Waals surface area contributed by atoms with Gasteiger partial charge in [0, 0.05) is 24.8 Å². The molecule has 0 radical (unpaired) electrons. The molecule has 0 fully saturated rings. The van der Waals surface area contributed by atoms with Crippen molar-refractivity contribution < 1.29 is 14.7 Å². The molecule has 5 heteroatoms. The van der Waals surface area contributed by atoms with Crippen molar-refractivity contribution in [2.24, 2.45) is 0 Å². The molecule has 0 aliphatic carbocycles. The molecule has 0 atom stereocenters. The average Bonchev–Trinajstić information content (AvgIpc) is 2.66. The van der Waals surface area contributed by atoms with Crippen LogP contribution in [0, 0.1) is 6.92 Å². The van der Waals surface area contributed by atoms with Crippen LogP contribution < -0.4 is 0 Å². The highest BCUT2D eigenvalue weighted by Crippen LogP contribution is 2.27. The molecule has 0 aliphatic rings. The number of aromatic nitrogens is 1. The van der Waals surface area contributed by atoms with Gasteiger partial charge in [-0.3, -0.25) is 9.59 Å². The largest absolute Gasteiger partial charge is 0.395 e. The number of H-pyrrole nitrogens is 1. The number of ketones is 1. The molecule has 1 amide bonds. The fourth-order valence-corrected chi connectivity index (χ4v) is 2.29. The van der Waals surface area contributed by atoms with Crippen molar-refractivity contribution in [2.75, 3.05) is 20.2 Å². The lowest BCUT2D eigenvalue weighted by Gasteiger charge is -2.17. The molecular formula is C14H22N2O3. The lowest BCUT2D eigenvalue weighted by molar-refractivity contribution is 0.0760. The zero-order chi connectivity index (χ0) is 14.7. The van der Waals surface area contributed by atoms with Crippen molar-refractivity contribution in [2.45, 2.75) is 33.6 Å². The molecule has 1 aromatic heterocycles. The van der Waals surface area contributed by atoms with Gasteiger partial charge in [-0.15, -0.1) is 0 Å². The molecule has 106 valence electrons. The molecule has 0 spiro atoms. The quantitative estimate of drug-likeness (QED) is 0.797. The number of aliphatic hydroxyl groups excluding tert-OH is 1. The van der Waals surface area contributed by atoms with Gasteiger partial charge in [-0.2, -0.15) is 0 Å². The van der Waals surface area contributed by atoms with E-state index < -0.39 is 0 Å². The first-order valence-corrected chi connectivity index (χ1v) is 6.40. The molecule has 1 aromatic rings. The Bertz CT molecular complexity index is 489. The van der Waals surface area contributed by atoms with Gasteiger partial charge in [-0.25, -0.2) is 0 Å². The minimum Gasteiger partial charge on any atom is -0.395 e. The summed E-state index contributed by atoms with van der Waals surface area (Å²) in [7, 11) is 1.63. The highest BCUT2D eigenvalue weighted by atomic mass is 16.3. The molecule has 1 rings (SSSR count). The number of Topliss-reactive ketones (excluding diaryl/α,β-unsaturated/α-hetero) is 1. The van der Waals surface area contributed by atoms with Gasteiger partial charge < -0.3 is 15.0 Å². The molecule has 2 N–H and O–H groups in total. The van der Waals surface area contributed by atoms with E-state index in [1.807, 2.05) is 13.8 Å². The van der Waals surface area contributed by atoms with Crippen LogP contribution in [0.5, 0.6) is 0 Å². The molecule has 0 saturated carbocycles. The first kappa shape index (κ1) is 15.4. The van der Waals surface area contributed by atoms with E-state index in [-0.39, 0.29) is 30.8 Å². The van der Waals surface area contributed by atoms with Crippen LogP contribution in [0.25, 0.3) is 0 Å². The summed E-state index contributed by atoms with van der Waals surface area (Å²) in [6, 6.07) is 0. The monoisotopic (exact) mass is 266 g/mol. The molecule has 0 unspecified atom stereocenters. The van der Waals surface area contributed by atoms with Gasteiger partial charge in [-0.1, -0.05) is 13.8 Å². The van der Waals surface area contributed by atoms with Crippen molar-refractivity contribution in [1.29, 1.82) is 0 Å². The first-order chi connectivity index (χ1) is 8.81. The maximum atomic E-state index is 12.3. The van der Waals surface area contributed by atoms with Crippen LogP contribution in [0.4, 0.5) is 0 Å². The highest BCUT2D eigenvalue weighted by Gasteiger charge is 2.26. The van der Waals surface area contributed by atoms with Crippen molar-refractivity contribution in [3.63, 3.8) is 0 Å². The Hall–Kier alpha value is -1.62. The van der Waals surface area contributed by atoms with E-state index >= 15 is 0 Å². The summed E-state index contributed by atoms with van der Waals surface area (Å²) in [5.41, 5.74) is 2.54. The smallest absolute Gasteiger partial charge is 0.270 e. The second-order valence-electron chi connectivity index (χ2n) is 5.07. The number of nitrogens with zero attached hydrogens (tertiary/aromatic N) is 1. The van der Waals surface area contributed by atoms with Gasteiger partial charge >= 0.3 is 0 Å². The Morgan fingerprint density at radius 3 is 2.37 bits per heavy atom. The molecule has 0 bridgehead atoms. The van der Waals surface area contributed by atoms with Crippen molar-refractivity contribution in [3.8, 4) is 0 Å². The molecular weight excluding hydrogens is 244 g/mol. The van der Waals surface area contributed by atoms with Crippen molar-refractivity contribution in [1.82, 2.24) is 9.88 Å². The molecule has 5 nitrogen and oxygen atoms in total. The van der Waals surface area contributed by atoms with Crippen LogP contribution in [0.3, 0.4) is 0 Å². The Morgan fingerprint density at radius 1 is 1.37 bits per heavy atom. The van der Waals surface area contributed by atoms with Gasteiger partial charge in [-0.05, 0) is 25.3 Å². The van der Waals surface area contributed by atoms with Crippen LogP contribution in [-0.4, -0.2) is 46.9 Å². The summed E-state index contributed by atoms with van der Waals surface area (Å²) in [5, 5.41) is 8.90. The van der Waals surface area contributed by atoms with Gasteiger partial charge in [0.05, 0.1) is 6.61 Å². The number of nitrogens with one attached hydrogen (secondary N) is 1. The number of rotatable bonds is 5. The first-order valence-electron chi connectivity index (χ1n) is 6.40. The Kier molecular flexibility index (Phi) is 4.89. The maximum absolute atomic E-state index is 12.3. The lowest BCUT2D eigenvalue weighted by atomic mass is 9.95. The van der Waals surface area contributed by atoms with E-state index in [0.717, 1.165) is 11.3 Å². The molecule has 0 aromatic carbocycles. The molecule has 0 aliphatic heterocycles. The summed E-state index contributed by atoms with van der Waals surface area (Å²) in [6.07, 6.45) is 0. The fraction of sp³-hybridized carbons (Fsp3) is 0.571. The number of amides is 1. The van der Waals surface area contributed by atoms with E-state index in [1.54, 1.807) is 14.0 Å². The average molecular weight is 266 g/mol. The van der Waals surface area contributed by atoms with E-state index in [4.69, 9.17) is 5.11 Å². The van der Waals surface area contributed by atoms with Gasteiger partial charge in [0.15, 0.2) is 5.78 Å². The number of carbonyl (C=O) groups excluding carboxylic acids is 2. The van der Waals surface area contributed by atoms with E-state index in [2.05, 4.69) is 4.98 Å². The van der Waals surface area contributed by atoms with Crippen molar-refractivity contribution >= 4 is 11.7 Å². The number of hydrogen-bond acceptors (Lipinski definition) is 3. The minimum absolute atomic E-state index is 0.0405. The van der Waals surface area contributed by atoms with E-state index in [1.165, 1.54) is 11.8 Å². The second kappa shape index (κ2) is 6.02. The normalized spacial score (nSPS) is 10.9. The summed E-state index contributed by atoms with van der Waals surface area (Å²) in [6.45, 7) is 7.40. The predicted octanol–water partition coefficient (Wildman–Crippen LogP) is 1.71. The van der Waals surface area contributed by atoms with Crippen LogP contribution in [0.2, 0.25) is 0 Å². The molecule has 19 heavy (non-hydrogen) atoms. The number of carbonyl (C=O) groups is 2. The molecule has 0 saturated heterocycles. The van der Waals surface area contributed by atoms with Gasteiger partial charge in [0.1, 0.15) is 5.69 Å². The van der Waals surface area contributed by atoms with Crippen LogP contribution >= 0.6 is 0 Å². The SMILES string of the molecule is CC(=O)c1c(C)[nH]c(C(=O)N(C)CCO)c1C(C)C. The third kappa shape index (κ3) is 3.04. The van der Waals surface area contributed by atoms with E-state index in [0.29, 0.717) is 11.3 Å². The zero-order valence-corrected chi connectivity index (χ0v) is 12.2. The van der Waals surface area contributed by atoms with E-state index in [9.17, 15) is 9.59 Å². The third-order valence-corrected chi connectivity index (χ3v) is 3.15. The number of hydrogen-bond donors (Lipinski definition) is 2. The topological polar surface area (TPSA) is 73.4 Å². The number of aryl methyl sites for hydroxylation is 1. The van der Waals surface area contributed by atoms with Crippen LogP contribution in [0.1, 0.15) is 58.8 Å². The summed E-state index contributed by atoms with van der Waals surface area (Å²) >= 11 is 0. The fourth-order valence-electron chi connectivity index (χ4n) is 2.29. The summed E-state index contributed by atoms with van der Waals surface area (Å²) in [5.74, 6) is -0.167. The Balaban J connectivity index is 3.32. The Morgan fingerprint density at radius 2 is 1.95 bits per heavy atom. The second-order valence-corrected chi connectivity index (χ2v) is 5.07. The van der Waals surface area contributed by atoms with Crippen LogP contribution in [-0.2, 0) is 0 Å². The summed E-state index contributed by atoms with van der Waals surface area (Å²) < 4.78 is 0.